The number of carbonyl (C=O) groups is 1. The summed E-state index contributed by atoms with van der Waals surface area (Å²) in [5, 5.41) is 0.619. The van der Waals surface area contributed by atoms with Crippen molar-refractivity contribution in [1.82, 2.24) is 24.7 Å². The van der Waals surface area contributed by atoms with Crippen LogP contribution in [0.4, 0.5) is 0 Å². The molecular formula is C20H29N5O2. The smallest absolute Gasteiger partial charge is 0.258 e. The standard InChI is InChI=1S/C20H29N5O2/c1-4-24(5-2)18(26)14-23-10-12-25(13-11-23)15(3)19-21-17-9-7-6-8-16(17)20(27)22-19/h6-9,15H,4-5,10-14H2,1-3H3,(H,21,22,27). The average molecular weight is 371 g/mol. The number of nitrogens with zero attached hydrogens (tertiary/aromatic N) is 4. The van der Waals surface area contributed by atoms with Crippen LogP contribution >= 0.6 is 0 Å². The summed E-state index contributed by atoms with van der Waals surface area (Å²) in [4.78, 5) is 38.6. The average Bonchev–Trinajstić information content (AvgIpc) is 2.69. The Morgan fingerprint density at radius 3 is 2.52 bits per heavy atom. The number of piperazine rings is 1. The van der Waals surface area contributed by atoms with Gasteiger partial charge < -0.3 is 9.88 Å². The first-order valence-electron chi connectivity index (χ1n) is 9.76. The molecule has 2 heterocycles. The summed E-state index contributed by atoms with van der Waals surface area (Å²) < 4.78 is 0. The minimum Gasteiger partial charge on any atom is -0.342 e. The Hall–Kier alpha value is -2.25. The Balaban J connectivity index is 1.63. The maximum atomic E-state index is 12.3. The molecule has 0 radical (unpaired) electrons. The number of hydrogen-bond donors (Lipinski definition) is 1. The lowest BCUT2D eigenvalue weighted by atomic mass is 10.2. The van der Waals surface area contributed by atoms with Gasteiger partial charge in [-0.15, -0.1) is 0 Å². The zero-order chi connectivity index (χ0) is 19.4. The fourth-order valence-corrected chi connectivity index (χ4v) is 3.65. The summed E-state index contributed by atoms with van der Waals surface area (Å²) in [6, 6.07) is 7.44. The van der Waals surface area contributed by atoms with Crippen molar-refractivity contribution in [2.75, 3.05) is 45.8 Å². The number of aromatic amines is 1. The van der Waals surface area contributed by atoms with E-state index in [4.69, 9.17) is 0 Å². The summed E-state index contributed by atoms with van der Waals surface area (Å²) in [6.07, 6.45) is 0. The second-order valence-electron chi connectivity index (χ2n) is 7.02. The zero-order valence-electron chi connectivity index (χ0n) is 16.4. The molecule has 1 saturated heterocycles. The van der Waals surface area contributed by atoms with E-state index >= 15 is 0 Å². The lowest BCUT2D eigenvalue weighted by Gasteiger charge is -2.37. The van der Waals surface area contributed by atoms with Gasteiger partial charge in [0.1, 0.15) is 5.82 Å². The number of benzene rings is 1. The molecule has 1 amide bonds. The molecule has 1 atom stereocenters. The predicted molar refractivity (Wildman–Crippen MR) is 107 cm³/mol. The van der Waals surface area contributed by atoms with Crippen molar-refractivity contribution in [3.63, 3.8) is 0 Å². The molecule has 1 aliphatic rings. The van der Waals surface area contributed by atoms with Gasteiger partial charge in [0.25, 0.3) is 5.56 Å². The molecule has 2 aromatic rings. The van der Waals surface area contributed by atoms with Crippen molar-refractivity contribution in [3.05, 3.63) is 40.4 Å². The molecule has 1 aliphatic heterocycles. The third kappa shape index (κ3) is 4.36. The van der Waals surface area contributed by atoms with Crippen LogP contribution in [-0.4, -0.2) is 76.4 Å². The van der Waals surface area contributed by atoms with E-state index in [1.165, 1.54) is 0 Å². The van der Waals surface area contributed by atoms with E-state index in [0.717, 1.165) is 44.8 Å². The quantitative estimate of drug-likeness (QED) is 0.833. The summed E-state index contributed by atoms with van der Waals surface area (Å²) in [5.41, 5.74) is 0.637. The number of H-pyrrole nitrogens is 1. The van der Waals surface area contributed by atoms with Crippen LogP contribution in [0.3, 0.4) is 0 Å². The van der Waals surface area contributed by atoms with Crippen LogP contribution in [0.1, 0.15) is 32.6 Å². The summed E-state index contributed by atoms with van der Waals surface area (Å²) in [6.45, 7) is 11.5. The Kier molecular flexibility index (Phi) is 6.23. The Labute approximate surface area is 160 Å². The van der Waals surface area contributed by atoms with E-state index in [0.29, 0.717) is 17.8 Å². The second kappa shape index (κ2) is 8.63. The minimum atomic E-state index is -0.0918. The molecule has 1 N–H and O–H groups in total. The Morgan fingerprint density at radius 2 is 1.85 bits per heavy atom. The van der Waals surface area contributed by atoms with Crippen LogP contribution in [0.5, 0.6) is 0 Å². The van der Waals surface area contributed by atoms with E-state index in [1.807, 2.05) is 36.9 Å². The van der Waals surface area contributed by atoms with Gasteiger partial charge in [-0.1, -0.05) is 12.1 Å². The topological polar surface area (TPSA) is 72.5 Å². The van der Waals surface area contributed by atoms with Crippen molar-refractivity contribution >= 4 is 16.8 Å². The number of para-hydroxylation sites is 1. The number of rotatable bonds is 6. The third-order valence-corrected chi connectivity index (χ3v) is 5.46. The molecule has 0 bridgehead atoms. The van der Waals surface area contributed by atoms with Gasteiger partial charge >= 0.3 is 0 Å². The van der Waals surface area contributed by atoms with E-state index in [9.17, 15) is 9.59 Å². The maximum absolute atomic E-state index is 12.3. The Bertz CT molecular complexity index is 838. The van der Waals surface area contributed by atoms with Crippen LogP contribution in [0.15, 0.2) is 29.1 Å². The first kappa shape index (κ1) is 19.5. The molecule has 0 spiro atoms. The summed E-state index contributed by atoms with van der Waals surface area (Å²) in [7, 11) is 0. The van der Waals surface area contributed by atoms with Crippen molar-refractivity contribution in [3.8, 4) is 0 Å². The molecule has 0 aliphatic carbocycles. The van der Waals surface area contributed by atoms with Crippen LogP contribution in [0, 0.1) is 0 Å². The number of hydrogen-bond acceptors (Lipinski definition) is 5. The van der Waals surface area contributed by atoms with E-state index < -0.39 is 0 Å². The van der Waals surface area contributed by atoms with Crippen molar-refractivity contribution in [2.24, 2.45) is 0 Å². The molecule has 27 heavy (non-hydrogen) atoms. The fourth-order valence-electron chi connectivity index (χ4n) is 3.65. The highest BCUT2D eigenvalue weighted by molar-refractivity contribution is 5.78. The van der Waals surface area contributed by atoms with Gasteiger partial charge in [0.15, 0.2) is 0 Å². The SMILES string of the molecule is CCN(CC)C(=O)CN1CCN(C(C)c2nc3ccccc3c(=O)[nH]2)CC1. The highest BCUT2D eigenvalue weighted by atomic mass is 16.2. The monoisotopic (exact) mass is 371 g/mol. The lowest BCUT2D eigenvalue weighted by Crippen LogP contribution is -2.50. The normalized spacial score (nSPS) is 17.1. The molecule has 1 aromatic carbocycles. The largest absolute Gasteiger partial charge is 0.342 e. The van der Waals surface area contributed by atoms with Gasteiger partial charge in [-0.05, 0) is 32.9 Å². The van der Waals surface area contributed by atoms with Gasteiger partial charge in [-0.25, -0.2) is 4.98 Å². The van der Waals surface area contributed by atoms with Gasteiger partial charge in [0, 0.05) is 39.3 Å². The molecular weight excluding hydrogens is 342 g/mol. The predicted octanol–water partition coefficient (Wildman–Crippen LogP) is 1.47. The first-order valence-corrected chi connectivity index (χ1v) is 9.76. The van der Waals surface area contributed by atoms with Crippen LogP contribution < -0.4 is 5.56 Å². The van der Waals surface area contributed by atoms with E-state index in [-0.39, 0.29) is 17.5 Å². The minimum absolute atomic E-state index is 0.0305. The molecule has 7 nitrogen and oxygen atoms in total. The number of fused-ring (bicyclic) bond motifs is 1. The molecule has 1 unspecified atom stereocenters. The number of carbonyl (C=O) groups excluding carboxylic acids is 1. The first-order chi connectivity index (χ1) is 13.0. The third-order valence-electron chi connectivity index (χ3n) is 5.46. The van der Waals surface area contributed by atoms with Crippen LogP contribution in [0.25, 0.3) is 10.9 Å². The molecule has 0 saturated carbocycles. The van der Waals surface area contributed by atoms with Crippen molar-refractivity contribution < 1.29 is 4.79 Å². The van der Waals surface area contributed by atoms with Gasteiger partial charge in [0.2, 0.25) is 5.91 Å². The second-order valence-corrected chi connectivity index (χ2v) is 7.02. The Morgan fingerprint density at radius 1 is 1.19 bits per heavy atom. The zero-order valence-corrected chi connectivity index (χ0v) is 16.4. The summed E-state index contributed by atoms with van der Waals surface area (Å²) in [5.74, 6) is 0.897. The highest BCUT2D eigenvalue weighted by Gasteiger charge is 2.25. The lowest BCUT2D eigenvalue weighted by molar-refractivity contribution is -0.132. The molecule has 7 heteroatoms. The van der Waals surface area contributed by atoms with Gasteiger partial charge in [-0.3, -0.25) is 19.4 Å². The van der Waals surface area contributed by atoms with Crippen LogP contribution in [0.2, 0.25) is 0 Å². The fraction of sp³-hybridized carbons (Fsp3) is 0.550. The van der Waals surface area contributed by atoms with Gasteiger partial charge in [-0.2, -0.15) is 0 Å². The van der Waals surface area contributed by atoms with Crippen molar-refractivity contribution in [1.29, 1.82) is 0 Å². The number of likely N-dealkylation sites (N-methyl/N-ethyl adjacent to an activating group) is 1. The molecule has 146 valence electrons. The van der Waals surface area contributed by atoms with E-state index in [1.54, 1.807) is 6.07 Å². The highest BCUT2D eigenvalue weighted by Crippen LogP contribution is 2.19. The number of aromatic nitrogens is 2. The molecule has 1 aromatic heterocycles. The van der Waals surface area contributed by atoms with Gasteiger partial charge in [0.05, 0.1) is 23.5 Å². The van der Waals surface area contributed by atoms with E-state index in [2.05, 4.69) is 26.7 Å². The molecule has 1 fully saturated rings. The molecule has 3 rings (SSSR count). The maximum Gasteiger partial charge on any atom is 0.258 e. The summed E-state index contributed by atoms with van der Waals surface area (Å²) >= 11 is 0. The number of amides is 1. The number of nitrogens with one attached hydrogen (secondary N) is 1. The van der Waals surface area contributed by atoms with Crippen LogP contribution in [-0.2, 0) is 4.79 Å². The van der Waals surface area contributed by atoms with Crippen molar-refractivity contribution in [2.45, 2.75) is 26.8 Å².